The van der Waals surface area contributed by atoms with Crippen LogP contribution in [0.2, 0.25) is 0 Å². The molecule has 4 nitrogen and oxygen atoms in total. The molecule has 1 N–H and O–H groups in total. The quantitative estimate of drug-likeness (QED) is 0.904. The van der Waals surface area contributed by atoms with Gasteiger partial charge in [0.2, 0.25) is 5.91 Å². The number of benzene rings is 1. The van der Waals surface area contributed by atoms with Crippen molar-refractivity contribution < 1.29 is 4.79 Å². The molecule has 2 fully saturated rings. The summed E-state index contributed by atoms with van der Waals surface area (Å²) in [5, 5.41) is 3.30. The predicted octanol–water partition coefficient (Wildman–Crippen LogP) is 2.28. The molecule has 0 spiro atoms. The van der Waals surface area contributed by atoms with Crippen molar-refractivity contribution in [3.63, 3.8) is 0 Å². The lowest BCUT2D eigenvalue weighted by molar-refractivity contribution is -0.132. The van der Waals surface area contributed by atoms with Crippen LogP contribution in [0.3, 0.4) is 0 Å². The lowest BCUT2D eigenvalue weighted by Gasteiger charge is -2.41. The lowest BCUT2D eigenvalue weighted by atomic mass is 9.76. The SMILES string of the molecule is CC1(c2ccccc2)CCCN(CCC(=O)N2CCNCC2)C1.Cl. The molecule has 24 heavy (non-hydrogen) atoms. The van der Waals surface area contributed by atoms with Crippen molar-refractivity contribution in [3.05, 3.63) is 35.9 Å². The Bertz CT molecular complexity index is 519. The molecule has 3 rings (SSSR count). The number of nitrogens with zero attached hydrogens (tertiary/aromatic N) is 2. The molecule has 1 aromatic rings. The molecule has 1 aromatic carbocycles. The topological polar surface area (TPSA) is 35.6 Å². The van der Waals surface area contributed by atoms with E-state index < -0.39 is 0 Å². The van der Waals surface area contributed by atoms with E-state index in [-0.39, 0.29) is 17.8 Å². The molecule has 2 aliphatic rings. The summed E-state index contributed by atoms with van der Waals surface area (Å²) in [5.74, 6) is 0.318. The average molecular weight is 352 g/mol. The van der Waals surface area contributed by atoms with Gasteiger partial charge < -0.3 is 15.1 Å². The zero-order valence-corrected chi connectivity index (χ0v) is 15.5. The highest BCUT2D eigenvalue weighted by Crippen LogP contribution is 2.33. The zero-order valence-electron chi connectivity index (χ0n) is 14.7. The van der Waals surface area contributed by atoms with E-state index in [2.05, 4.69) is 47.5 Å². The van der Waals surface area contributed by atoms with E-state index in [0.29, 0.717) is 12.3 Å². The summed E-state index contributed by atoms with van der Waals surface area (Å²) in [6.07, 6.45) is 3.11. The van der Waals surface area contributed by atoms with Crippen LogP contribution >= 0.6 is 12.4 Å². The molecule has 1 amide bonds. The van der Waals surface area contributed by atoms with Gasteiger partial charge in [-0.3, -0.25) is 4.79 Å². The molecule has 1 unspecified atom stereocenters. The first kappa shape index (κ1) is 19.2. The highest BCUT2D eigenvalue weighted by molar-refractivity contribution is 5.85. The minimum absolute atomic E-state index is 0. The fraction of sp³-hybridized carbons (Fsp3) is 0.632. The molecule has 5 heteroatoms. The molecular weight excluding hydrogens is 322 g/mol. The van der Waals surface area contributed by atoms with Crippen LogP contribution in [-0.4, -0.2) is 61.5 Å². The third kappa shape index (κ3) is 4.71. The summed E-state index contributed by atoms with van der Waals surface area (Å²) in [5.41, 5.74) is 1.65. The molecule has 0 aliphatic carbocycles. The third-order valence-corrected chi connectivity index (χ3v) is 5.36. The van der Waals surface area contributed by atoms with Crippen LogP contribution in [0.5, 0.6) is 0 Å². The van der Waals surface area contributed by atoms with Crippen LogP contribution < -0.4 is 5.32 Å². The van der Waals surface area contributed by atoms with Crippen molar-refractivity contribution in [1.29, 1.82) is 0 Å². The van der Waals surface area contributed by atoms with Gasteiger partial charge in [-0.05, 0) is 24.9 Å². The van der Waals surface area contributed by atoms with E-state index >= 15 is 0 Å². The number of rotatable bonds is 4. The normalized spacial score (nSPS) is 25.1. The molecule has 0 bridgehead atoms. The molecule has 2 saturated heterocycles. The molecule has 134 valence electrons. The van der Waals surface area contributed by atoms with Gasteiger partial charge in [0.1, 0.15) is 0 Å². The van der Waals surface area contributed by atoms with E-state index in [1.54, 1.807) is 0 Å². The summed E-state index contributed by atoms with van der Waals surface area (Å²) in [6.45, 7) is 9.03. The van der Waals surface area contributed by atoms with Gasteiger partial charge in [0.25, 0.3) is 0 Å². The Morgan fingerprint density at radius 2 is 1.88 bits per heavy atom. The minimum atomic E-state index is 0. The maximum absolute atomic E-state index is 12.3. The van der Waals surface area contributed by atoms with E-state index in [4.69, 9.17) is 0 Å². The molecule has 2 heterocycles. The second-order valence-corrected chi connectivity index (χ2v) is 7.19. The Hall–Kier alpha value is -1.10. The highest BCUT2D eigenvalue weighted by atomic mass is 35.5. The van der Waals surface area contributed by atoms with Crippen LogP contribution in [-0.2, 0) is 10.2 Å². The van der Waals surface area contributed by atoms with E-state index in [1.807, 2.05) is 4.90 Å². The number of amides is 1. The first-order valence-corrected chi connectivity index (χ1v) is 8.94. The van der Waals surface area contributed by atoms with Crippen LogP contribution in [0.1, 0.15) is 31.7 Å². The number of carbonyl (C=O) groups excluding carboxylic acids is 1. The molecule has 0 radical (unpaired) electrons. The van der Waals surface area contributed by atoms with Crippen molar-refractivity contribution in [2.45, 2.75) is 31.6 Å². The first-order chi connectivity index (χ1) is 11.2. The first-order valence-electron chi connectivity index (χ1n) is 8.94. The van der Waals surface area contributed by atoms with Crippen molar-refractivity contribution >= 4 is 18.3 Å². The standard InChI is InChI=1S/C19H29N3O.ClH/c1-19(17-6-3-2-4-7-17)9-5-12-21(16-19)13-8-18(23)22-14-10-20-11-15-22;/h2-4,6-7,20H,5,8-16H2,1H3;1H. The van der Waals surface area contributed by atoms with Crippen LogP contribution in [0.4, 0.5) is 0 Å². The maximum atomic E-state index is 12.3. The smallest absolute Gasteiger partial charge is 0.223 e. The third-order valence-electron chi connectivity index (χ3n) is 5.36. The lowest BCUT2D eigenvalue weighted by Crippen LogP contribution is -2.48. The number of nitrogens with one attached hydrogen (secondary N) is 1. The van der Waals surface area contributed by atoms with Crippen LogP contribution in [0, 0.1) is 0 Å². The largest absolute Gasteiger partial charge is 0.340 e. The summed E-state index contributed by atoms with van der Waals surface area (Å²) < 4.78 is 0. The summed E-state index contributed by atoms with van der Waals surface area (Å²) in [4.78, 5) is 16.8. The monoisotopic (exact) mass is 351 g/mol. The Morgan fingerprint density at radius 3 is 2.58 bits per heavy atom. The molecule has 0 aromatic heterocycles. The number of hydrogen-bond donors (Lipinski definition) is 1. The van der Waals surface area contributed by atoms with E-state index in [1.165, 1.54) is 18.4 Å². The van der Waals surface area contributed by atoms with Crippen molar-refractivity contribution in [2.24, 2.45) is 0 Å². The number of halogens is 1. The molecule has 1 atom stereocenters. The van der Waals surface area contributed by atoms with Gasteiger partial charge in [-0.15, -0.1) is 12.4 Å². The summed E-state index contributed by atoms with van der Waals surface area (Å²) in [6, 6.07) is 10.8. The van der Waals surface area contributed by atoms with Crippen molar-refractivity contribution in [2.75, 3.05) is 45.8 Å². The van der Waals surface area contributed by atoms with Gasteiger partial charge in [-0.2, -0.15) is 0 Å². The van der Waals surface area contributed by atoms with E-state index in [9.17, 15) is 4.79 Å². The fourth-order valence-corrected chi connectivity index (χ4v) is 3.94. The van der Waals surface area contributed by atoms with E-state index in [0.717, 1.165) is 45.8 Å². The molecule has 0 saturated carbocycles. The highest BCUT2D eigenvalue weighted by Gasteiger charge is 2.32. The second-order valence-electron chi connectivity index (χ2n) is 7.19. The van der Waals surface area contributed by atoms with Gasteiger partial charge in [-0.1, -0.05) is 37.3 Å². The van der Waals surface area contributed by atoms with Crippen molar-refractivity contribution in [1.82, 2.24) is 15.1 Å². The Morgan fingerprint density at radius 1 is 1.17 bits per heavy atom. The summed E-state index contributed by atoms with van der Waals surface area (Å²) in [7, 11) is 0. The van der Waals surface area contributed by atoms with Gasteiger partial charge >= 0.3 is 0 Å². The number of hydrogen-bond acceptors (Lipinski definition) is 3. The molecular formula is C19H30ClN3O. The maximum Gasteiger partial charge on any atom is 0.223 e. The predicted molar refractivity (Wildman–Crippen MR) is 101 cm³/mol. The average Bonchev–Trinajstić information content (AvgIpc) is 2.61. The van der Waals surface area contributed by atoms with Crippen LogP contribution in [0.15, 0.2) is 30.3 Å². The molecule has 2 aliphatic heterocycles. The van der Waals surface area contributed by atoms with Crippen molar-refractivity contribution in [3.8, 4) is 0 Å². The zero-order chi connectivity index (χ0) is 16.1. The Labute approximate surface area is 152 Å². The fourth-order valence-electron chi connectivity index (χ4n) is 3.94. The number of likely N-dealkylation sites (tertiary alicyclic amines) is 1. The second kappa shape index (κ2) is 8.84. The summed E-state index contributed by atoms with van der Waals surface area (Å²) >= 11 is 0. The van der Waals surface area contributed by atoms with Crippen LogP contribution in [0.25, 0.3) is 0 Å². The number of piperidine rings is 1. The van der Waals surface area contributed by atoms with Gasteiger partial charge in [0.15, 0.2) is 0 Å². The Kier molecular flexibility index (Phi) is 7.08. The number of carbonyl (C=O) groups is 1. The Balaban J connectivity index is 0.00000208. The van der Waals surface area contributed by atoms with Gasteiger partial charge in [0.05, 0.1) is 0 Å². The number of piperazine rings is 1. The minimum Gasteiger partial charge on any atom is -0.340 e. The van der Waals surface area contributed by atoms with Gasteiger partial charge in [0, 0.05) is 51.1 Å². The van der Waals surface area contributed by atoms with Gasteiger partial charge in [-0.25, -0.2) is 0 Å².